The highest BCUT2D eigenvalue weighted by Gasteiger charge is 2.43. The predicted molar refractivity (Wildman–Crippen MR) is 52.0 cm³/mol. The average Bonchev–Trinajstić information content (AvgIpc) is 2.25. The Morgan fingerprint density at radius 1 is 1.20 bits per heavy atom. The first kappa shape index (κ1) is 12.8. The van der Waals surface area contributed by atoms with Gasteiger partial charge in [0, 0.05) is 6.54 Å². The lowest BCUT2D eigenvalue weighted by atomic mass is 9.97. The van der Waals surface area contributed by atoms with Gasteiger partial charge in [-0.3, -0.25) is 0 Å². The number of aliphatic hydroxyl groups excluding tert-OH is 3. The second-order valence-electron chi connectivity index (χ2n) is 3.58. The zero-order valence-electron chi connectivity index (χ0n) is 8.74. The van der Waals surface area contributed by atoms with E-state index >= 15 is 0 Å². The van der Waals surface area contributed by atoms with Crippen molar-refractivity contribution in [3.05, 3.63) is 0 Å². The van der Waals surface area contributed by atoms with Crippen molar-refractivity contribution < 1.29 is 24.8 Å². The van der Waals surface area contributed by atoms with Gasteiger partial charge < -0.3 is 30.5 Å². The topological polar surface area (TPSA) is 105 Å². The van der Waals surface area contributed by atoms with Crippen molar-refractivity contribution in [1.29, 1.82) is 0 Å². The first-order valence-corrected chi connectivity index (χ1v) is 5.13. The molecule has 0 bridgehead atoms. The Morgan fingerprint density at radius 2 is 1.87 bits per heavy atom. The minimum absolute atomic E-state index is 0.237. The summed E-state index contributed by atoms with van der Waals surface area (Å²) in [5, 5.41) is 28.6. The summed E-state index contributed by atoms with van der Waals surface area (Å²) in [6, 6.07) is 0. The van der Waals surface area contributed by atoms with Crippen molar-refractivity contribution in [3.8, 4) is 0 Å². The van der Waals surface area contributed by atoms with Crippen LogP contribution in [0.5, 0.6) is 0 Å². The Labute approximate surface area is 88.6 Å². The van der Waals surface area contributed by atoms with Gasteiger partial charge in [-0.1, -0.05) is 6.92 Å². The molecule has 1 aliphatic heterocycles. The Balaban J connectivity index is 2.57. The molecular formula is C9H19NO5. The number of rotatable bonds is 4. The van der Waals surface area contributed by atoms with Crippen molar-refractivity contribution in [3.63, 3.8) is 0 Å². The average molecular weight is 221 g/mol. The summed E-state index contributed by atoms with van der Waals surface area (Å²) in [6.07, 6.45) is -4.47. The molecule has 90 valence electrons. The van der Waals surface area contributed by atoms with E-state index in [0.717, 1.165) is 0 Å². The van der Waals surface area contributed by atoms with Crippen LogP contribution in [0.1, 0.15) is 13.3 Å². The van der Waals surface area contributed by atoms with E-state index in [-0.39, 0.29) is 6.61 Å². The second-order valence-corrected chi connectivity index (χ2v) is 3.58. The van der Waals surface area contributed by atoms with Crippen molar-refractivity contribution in [2.24, 2.45) is 5.73 Å². The van der Waals surface area contributed by atoms with E-state index in [1.165, 1.54) is 0 Å². The lowest BCUT2D eigenvalue weighted by molar-refractivity contribution is -0.296. The van der Waals surface area contributed by atoms with Crippen LogP contribution in [0.15, 0.2) is 0 Å². The fraction of sp³-hybridized carbons (Fsp3) is 1.00. The van der Waals surface area contributed by atoms with Gasteiger partial charge >= 0.3 is 0 Å². The van der Waals surface area contributed by atoms with Crippen LogP contribution in [-0.4, -0.2) is 59.2 Å². The van der Waals surface area contributed by atoms with Crippen LogP contribution in [-0.2, 0) is 9.47 Å². The van der Waals surface area contributed by atoms with Crippen LogP contribution in [0, 0.1) is 0 Å². The number of hydrogen-bond acceptors (Lipinski definition) is 6. The number of aliphatic hydroxyl groups is 3. The van der Waals surface area contributed by atoms with Gasteiger partial charge in [-0.25, -0.2) is 0 Å². The minimum atomic E-state index is -1.24. The molecule has 5 atom stereocenters. The molecule has 0 aliphatic carbocycles. The van der Waals surface area contributed by atoms with Crippen LogP contribution in [0.25, 0.3) is 0 Å². The van der Waals surface area contributed by atoms with Crippen molar-refractivity contribution >= 4 is 0 Å². The molecule has 6 nitrogen and oxygen atoms in total. The Hall–Kier alpha value is -0.240. The highest BCUT2D eigenvalue weighted by atomic mass is 16.7. The Morgan fingerprint density at radius 3 is 2.40 bits per heavy atom. The third-order valence-corrected chi connectivity index (χ3v) is 2.47. The highest BCUT2D eigenvalue weighted by molar-refractivity contribution is 4.88. The van der Waals surface area contributed by atoms with E-state index in [9.17, 15) is 15.3 Å². The third-order valence-electron chi connectivity index (χ3n) is 2.47. The largest absolute Gasteiger partial charge is 0.388 e. The summed E-state index contributed by atoms with van der Waals surface area (Å²) in [5.74, 6) is 0. The van der Waals surface area contributed by atoms with Gasteiger partial charge in [-0.15, -0.1) is 0 Å². The summed E-state index contributed by atoms with van der Waals surface area (Å²) in [5.41, 5.74) is 5.25. The van der Waals surface area contributed by atoms with Crippen LogP contribution >= 0.6 is 0 Å². The molecule has 0 saturated carbocycles. The van der Waals surface area contributed by atoms with E-state index in [2.05, 4.69) is 0 Å². The second kappa shape index (κ2) is 5.74. The first-order valence-electron chi connectivity index (χ1n) is 5.13. The van der Waals surface area contributed by atoms with Crippen LogP contribution in [0.2, 0.25) is 0 Å². The summed E-state index contributed by atoms with van der Waals surface area (Å²) in [7, 11) is 0. The first-order chi connectivity index (χ1) is 7.11. The lowest BCUT2D eigenvalue weighted by Crippen LogP contribution is -2.58. The summed E-state index contributed by atoms with van der Waals surface area (Å²) in [4.78, 5) is 0. The van der Waals surface area contributed by atoms with E-state index in [1.54, 1.807) is 0 Å². The number of nitrogens with two attached hydrogens (primary N) is 1. The summed E-state index contributed by atoms with van der Waals surface area (Å²) < 4.78 is 10.4. The molecule has 1 heterocycles. The third kappa shape index (κ3) is 2.87. The highest BCUT2D eigenvalue weighted by Crippen LogP contribution is 2.23. The van der Waals surface area contributed by atoms with Gasteiger partial charge in [0.25, 0.3) is 0 Å². The molecule has 1 aliphatic rings. The maximum Gasteiger partial charge on any atom is 0.186 e. The summed E-state index contributed by atoms with van der Waals surface area (Å²) in [6.45, 7) is 2.36. The minimum Gasteiger partial charge on any atom is -0.388 e. The van der Waals surface area contributed by atoms with Crippen molar-refractivity contribution in [2.75, 3.05) is 13.2 Å². The zero-order valence-corrected chi connectivity index (χ0v) is 8.74. The maximum absolute atomic E-state index is 9.55. The van der Waals surface area contributed by atoms with Gasteiger partial charge in [-0.05, 0) is 6.42 Å². The Kier molecular flexibility index (Phi) is 4.91. The maximum atomic E-state index is 9.55. The smallest absolute Gasteiger partial charge is 0.186 e. The van der Waals surface area contributed by atoms with Gasteiger partial charge in [0.1, 0.15) is 18.3 Å². The van der Waals surface area contributed by atoms with Gasteiger partial charge in [0.05, 0.1) is 12.7 Å². The van der Waals surface area contributed by atoms with Crippen LogP contribution in [0.4, 0.5) is 0 Å². The monoisotopic (exact) mass is 221 g/mol. The SMILES string of the molecule is CCC1OC(OCCN)C(O)C(O)C1O. The van der Waals surface area contributed by atoms with Gasteiger partial charge in [-0.2, -0.15) is 0 Å². The molecule has 1 fully saturated rings. The molecule has 1 saturated heterocycles. The fourth-order valence-corrected chi connectivity index (χ4v) is 1.58. The van der Waals surface area contributed by atoms with Crippen molar-refractivity contribution in [2.45, 2.75) is 44.1 Å². The van der Waals surface area contributed by atoms with E-state index in [0.29, 0.717) is 13.0 Å². The molecule has 0 aromatic heterocycles. The summed E-state index contributed by atoms with van der Waals surface area (Å²) >= 11 is 0. The molecule has 15 heavy (non-hydrogen) atoms. The van der Waals surface area contributed by atoms with Gasteiger partial charge in [0.2, 0.25) is 0 Å². The zero-order chi connectivity index (χ0) is 11.4. The standard InChI is InChI=1S/C9H19NO5/c1-2-5-6(11)7(12)8(13)9(15-5)14-4-3-10/h5-9,11-13H,2-4,10H2,1H3. The molecule has 0 radical (unpaired) electrons. The molecule has 1 rings (SSSR count). The molecule has 0 aromatic rings. The van der Waals surface area contributed by atoms with E-state index in [1.807, 2.05) is 6.92 Å². The normalized spacial score (nSPS) is 41.8. The number of hydrogen-bond donors (Lipinski definition) is 4. The lowest BCUT2D eigenvalue weighted by Gasteiger charge is -2.39. The molecule has 6 heteroatoms. The fourth-order valence-electron chi connectivity index (χ4n) is 1.58. The number of ether oxygens (including phenoxy) is 2. The predicted octanol–water partition coefficient (Wildman–Crippen LogP) is -1.82. The van der Waals surface area contributed by atoms with E-state index < -0.39 is 30.7 Å². The molecule has 5 unspecified atom stereocenters. The molecule has 5 N–H and O–H groups in total. The van der Waals surface area contributed by atoms with Crippen LogP contribution < -0.4 is 5.73 Å². The molecule has 0 amide bonds. The van der Waals surface area contributed by atoms with Crippen LogP contribution in [0.3, 0.4) is 0 Å². The van der Waals surface area contributed by atoms with Crippen molar-refractivity contribution in [1.82, 2.24) is 0 Å². The quantitative estimate of drug-likeness (QED) is 0.445. The molecule has 0 spiro atoms. The van der Waals surface area contributed by atoms with E-state index in [4.69, 9.17) is 15.2 Å². The Bertz CT molecular complexity index is 189. The molecule has 0 aromatic carbocycles. The molecular weight excluding hydrogens is 202 g/mol. The van der Waals surface area contributed by atoms with Gasteiger partial charge in [0.15, 0.2) is 6.29 Å².